The van der Waals surface area contributed by atoms with Crippen molar-refractivity contribution in [1.29, 1.82) is 5.26 Å². The van der Waals surface area contributed by atoms with Crippen molar-refractivity contribution in [2.45, 2.75) is 13.5 Å². The molecule has 34 heavy (non-hydrogen) atoms. The molecule has 11 heteroatoms. The van der Waals surface area contributed by atoms with Gasteiger partial charge in [-0.1, -0.05) is 5.16 Å². The fraction of sp³-hybridized carbons (Fsp3) is 0.261. The molecule has 0 saturated carbocycles. The Morgan fingerprint density at radius 2 is 1.94 bits per heavy atom. The van der Waals surface area contributed by atoms with Crippen LogP contribution in [0, 0.1) is 18.3 Å². The summed E-state index contributed by atoms with van der Waals surface area (Å²) in [5, 5.41) is 13.2. The lowest BCUT2D eigenvalue weighted by Gasteiger charge is -2.34. The molecule has 0 unspecified atom stereocenters. The number of carbonyl (C=O) groups is 1. The summed E-state index contributed by atoms with van der Waals surface area (Å²) >= 11 is 0. The smallest absolute Gasteiger partial charge is 0.266 e. The van der Waals surface area contributed by atoms with E-state index in [1.807, 2.05) is 4.90 Å². The number of hydrogen-bond acceptors (Lipinski definition) is 10. The number of carbonyl (C=O) groups excluding carboxylic acids is 1. The van der Waals surface area contributed by atoms with Gasteiger partial charge >= 0.3 is 0 Å². The van der Waals surface area contributed by atoms with Crippen LogP contribution in [0.1, 0.15) is 27.8 Å². The number of aromatic nitrogens is 3. The van der Waals surface area contributed by atoms with E-state index in [0.717, 1.165) is 0 Å². The molecule has 4 heterocycles. The Bertz CT molecular complexity index is 1310. The van der Waals surface area contributed by atoms with Crippen LogP contribution in [-0.4, -0.2) is 52.1 Å². The molecule has 1 aliphatic heterocycles. The third-order valence-corrected chi connectivity index (χ3v) is 5.34. The topological polar surface area (TPSA) is 135 Å². The van der Waals surface area contributed by atoms with Gasteiger partial charge in [-0.15, -0.1) is 0 Å². The third kappa shape index (κ3) is 4.33. The van der Waals surface area contributed by atoms with Crippen LogP contribution in [0.4, 0.5) is 5.88 Å². The van der Waals surface area contributed by atoms with Crippen LogP contribution in [0.15, 0.2) is 56.0 Å². The zero-order valence-electron chi connectivity index (χ0n) is 18.3. The molecule has 0 N–H and O–H groups in total. The summed E-state index contributed by atoms with van der Waals surface area (Å²) in [6.45, 7) is 3.88. The van der Waals surface area contributed by atoms with Crippen LogP contribution in [0.5, 0.6) is 5.75 Å². The van der Waals surface area contributed by atoms with Crippen molar-refractivity contribution in [2.24, 2.45) is 0 Å². The molecule has 0 atom stereocenters. The number of benzene rings is 1. The van der Waals surface area contributed by atoms with E-state index < -0.39 is 0 Å². The van der Waals surface area contributed by atoms with Crippen LogP contribution < -0.4 is 9.64 Å². The Morgan fingerprint density at radius 3 is 2.59 bits per heavy atom. The van der Waals surface area contributed by atoms with Gasteiger partial charge in [0.15, 0.2) is 12.4 Å². The van der Waals surface area contributed by atoms with Gasteiger partial charge in [0.05, 0.1) is 6.26 Å². The Kier molecular flexibility index (Phi) is 5.70. The van der Waals surface area contributed by atoms with Crippen LogP contribution in [0.25, 0.3) is 11.7 Å². The minimum absolute atomic E-state index is 0.0747. The molecule has 1 aliphatic rings. The second kappa shape index (κ2) is 9.11. The van der Waals surface area contributed by atoms with E-state index in [2.05, 4.69) is 21.2 Å². The fourth-order valence-electron chi connectivity index (χ4n) is 3.64. The van der Waals surface area contributed by atoms with Gasteiger partial charge in [0.2, 0.25) is 23.3 Å². The van der Waals surface area contributed by atoms with Crippen LogP contribution in [0.3, 0.4) is 0 Å². The molecule has 0 bridgehead atoms. The lowest BCUT2D eigenvalue weighted by molar-refractivity contribution is 0.0745. The SMILES string of the molecule is Cc1nc(COc2ccc(C(=O)N3CCN(c4oc(-c5ccco5)nc4C#N)CC3)cc2)no1. The first kappa shape index (κ1) is 21.3. The van der Waals surface area contributed by atoms with E-state index in [1.165, 1.54) is 6.26 Å². The Hall–Kier alpha value is -4.59. The van der Waals surface area contributed by atoms with Crippen molar-refractivity contribution < 1.29 is 22.9 Å². The Balaban J connectivity index is 1.19. The maximum Gasteiger partial charge on any atom is 0.266 e. The molecule has 0 aliphatic carbocycles. The monoisotopic (exact) mass is 460 g/mol. The first-order chi connectivity index (χ1) is 16.6. The average molecular weight is 460 g/mol. The van der Waals surface area contributed by atoms with Crippen molar-refractivity contribution in [3.63, 3.8) is 0 Å². The predicted octanol–water partition coefficient (Wildman–Crippen LogP) is 3.04. The quantitative estimate of drug-likeness (QED) is 0.422. The molecule has 0 spiro atoms. The van der Waals surface area contributed by atoms with Crippen LogP contribution >= 0.6 is 0 Å². The molecule has 1 saturated heterocycles. The number of rotatable bonds is 6. The summed E-state index contributed by atoms with van der Waals surface area (Å²) < 4.78 is 21.7. The largest absolute Gasteiger partial charge is 0.485 e. The van der Waals surface area contributed by atoms with E-state index in [0.29, 0.717) is 60.9 Å². The number of nitriles is 1. The number of oxazole rings is 1. The highest BCUT2D eigenvalue weighted by molar-refractivity contribution is 5.94. The lowest BCUT2D eigenvalue weighted by Crippen LogP contribution is -2.48. The molecule has 1 aromatic carbocycles. The zero-order valence-corrected chi connectivity index (χ0v) is 18.3. The minimum atomic E-state index is -0.0747. The highest BCUT2D eigenvalue weighted by atomic mass is 16.5. The molecule has 5 rings (SSSR count). The van der Waals surface area contributed by atoms with Crippen LogP contribution in [-0.2, 0) is 6.61 Å². The maximum absolute atomic E-state index is 13.0. The van der Waals surface area contributed by atoms with Crippen molar-refractivity contribution in [1.82, 2.24) is 20.0 Å². The van der Waals surface area contributed by atoms with E-state index in [9.17, 15) is 10.1 Å². The van der Waals surface area contributed by atoms with E-state index in [1.54, 1.807) is 48.2 Å². The number of anilines is 1. The summed E-state index contributed by atoms with van der Waals surface area (Å²) in [4.78, 5) is 24.9. The Labute approximate surface area is 194 Å². The highest BCUT2D eigenvalue weighted by Crippen LogP contribution is 2.29. The maximum atomic E-state index is 13.0. The number of ether oxygens (including phenoxy) is 1. The molecule has 172 valence electrons. The molecule has 1 fully saturated rings. The predicted molar refractivity (Wildman–Crippen MR) is 117 cm³/mol. The van der Waals surface area contributed by atoms with Crippen LogP contribution in [0.2, 0.25) is 0 Å². The number of nitrogens with zero attached hydrogens (tertiary/aromatic N) is 6. The van der Waals surface area contributed by atoms with E-state index >= 15 is 0 Å². The Morgan fingerprint density at radius 1 is 1.15 bits per heavy atom. The number of piperazine rings is 1. The normalized spacial score (nSPS) is 13.6. The lowest BCUT2D eigenvalue weighted by atomic mass is 10.1. The van der Waals surface area contributed by atoms with Gasteiger partial charge in [-0.25, -0.2) is 0 Å². The molecule has 1 amide bonds. The molecule has 11 nitrogen and oxygen atoms in total. The summed E-state index contributed by atoms with van der Waals surface area (Å²) in [5.74, 6) is 2.56. The number of amides is 1. The van der Waals surface area contributed by atoms with Gasteiger partial charge in [0.1, 0.15) is 11.8 Å². The molecule has 4 aromatic rings. The first-order valence-electron chi connectivity index (χ1n) is 10.6. The first-order valence-corrected chi connectivity index (χ1v) is 10.6. The standard InChI is InChI=1S/C23H20N6O5/c1-15-25-20(27-34-15)14-32-17-6-4-16(5-7-17)22(30)28-8-10-29(11-9-28)23-18(13-24)26-21(33-23)19-3-2-12-31-19/h2-7,12H,8-11,14H2,1H3. The van der Waals surface area contributed by atoms with Gasteiger partial charge in [-0.2, -0.15) is 15.2 Å². The molecular weight excluding hydrogens is 440 g/mol. The van der Waals surface area contributed by atoms with Gasteiger partial charge in [-0.3, -0.25) is 4.79 Å². The number of furan rings is 1. The van der Waals surface area contributed by atoms with E-state index in [4.69, 9.17) is 18.1 Å². The van der Waals surface area contributed by atoms with Gasteiger partial charge < -0.3 is 27.9 Å². The van der Waals surface area contributed by atoms with Crippen molar-refractivity contribution in [2.75, 3.05) is 31.1 Å². The van der Waals surface area contributed by atoms with Gasteiger partial charge in [0.25, 0.3) is 11.8 Å². The van der Waals surface area contributed by atoms with E-state index in [-0.39, 0.29) is 24.1 Å². The molecular formula is C23H20N6O5. The third-order valence-electron chi connectivity index (χ3n) is 5.34. The van der Waals surface area contributed by atoms with Crippen molar-refractivity contribution in [3.8, 4) is 23.5 Å². The second-order valence-electron chi connectivity index (χ2n) is 7.58. The molecule has 3 aromatic heterocycles. The summed E-state index contributed by atoms with van der Waals surface area (Å²) in [6, 6.07) is 12.4. The van der Waals surface area contributed by atoms with Gasteiger partial charge in [0, 0.05) is 38.7 Å². The highest BCUT2D eigenvalue weighted by Gasteiger charge is 2.27. The van der Waals surface area contributed by atoms with Crippen molar-refractivity contribution in [3.05, 3.63) is 65.6 Å². The number of aryl methyl sites for hydroxylation is 1. The summed E-state index contributed by atoms with van der Waals surface area (Å²) in [6.07, 6.45) is 1.52. The zero-order chi connectivity index (χ0) is 23.5. The second-order valence-corrected chi connectivity index (χ2v) is 7.58. The van der Waals surface area contributed by atoms with Gasteiger partial charge in [-0.05, 0) is 36.4 Å². The average Bonchev–Trinajstić information content (AvgIpc) is 3.63. The van der Waals surface area contributed by atoms with Crippen molar-refractivity contribution >= 4 is 11.8 Å². The fourth-order valence-corrected chi connectivity index (χ4v) is 3.64. The summed E-state index contributed by atoms with van der Waals surface area (Å²) in [7, 11) is 0. The minimum Gasteiger partial charge on any atom is -0.485 e. The summed E-state index contributed by atoms with van der Waals surface area (Å²) in [5.41, 5.74) is 0.756. The number of hydrogen-bond donors (Lipinski definition) is 0. The molecule has 0 radical (unpaired) electrons.